The van der Waals surface area contributed by atoms with Crippen LogP contribution in [0.25, 0.3) is 0 Å². The molecule has 0 aliphatic carbocycles. The molecule has 0 spiro atoms. The summed E-state index contributed by atoms with van der Waals surface area (Å²) in [6.45, 7) is 5.15. The van der Waals surface area contributed by atoms with Crippen molar-refractivity contribution in [3.8, 4) is 0 Å². The number of hydrogen-bond acceptors (Lipinski definition) is 6. The van der Waals surface area contributed by atoms with Crippen molar-refractivity contribution in [2.45, 2.75) is 6.42 Å². The largest absolute Gasteiger partial charge is 0.395 e. The summed E-state index contributed by atoms with van der Waals surface area (Å²) in [4.78, 5) is 27.4. The number of aliphatic hydroxyl groups excluding tert-OH is 1. The third kappa shape index (κ3) is 7.96. The van der Waals surface area contributed by atoms with Crippen LogP contribution in [0.15, 0.2) is 0 Å². The number of hydrogen-bond donors (Lipinski definition) is 3. The Morgan fingerprint density at radius 2 is 1.90 bits per heavy atom. The zero-order valence-corrected chi connectivity index (χ0v) is 12.6. The van der Waals surface area contributed by atoms with Crippen LogP contribution in [-0.4, -0.2) is 93.0 Å². The number of imide groups is 1. The van der Waals surface area contributed by atoms with E-state index in [0.717, 1.165) is 32.6 Å². The van der Waals surface area contributed by atoms with Crippen molar-refractivity contribution in [2.75, 3.05) is 66.1 Å². The van der Waals surface area contributed by atoms with Crippen LogP contribution in [0.4, 0.5) is 4.79 Å². The van der Waals surface area contributed by atoms with Crippen molar-refractivity contribution in [1.29, 1.82) is 0 Å². The number of carbonyl (C=O) groups is 2. The maximum absolute atomic E-state index is 11.8. The first kappa shape index (κ1) is 17.8. The van der Waals surface area contributed by atoms with E-state index in [1.165, 1.54) is 0 Å². The summed E-state index contributed by atoms with van der Waals surface area (Å²) in [5.74, 6) is -0.305. The highest BCUT2D eigenvalue weighted by molar-refractivity contribution is 5.95. The quantitative estimate of drug-likeness (QED) is 0.493. The Labute approximate surface area is 125 Å². The number of rotatable bonds is 7. The molecule has 0 aromatic carbocycles. The summed E-state index contributed by atoms with van der Waals surface area (Å²) >= 11 is 0. The van der Waals surface area contributed by atoms with Crippen LogP contribution in [0, 0.1) is 0 Å². The van der Waals surface area contributed by atoms with E-state index < -0.39 is 6.03 Å². The van der Waals surface area contributed by atoms with Gasteiger partial charge in [-0.05, 0) is 19.5 Å². The summed E-state index contributed by atoms with van der Waals surface area (Å²) in [6.07, 6.45) is 0.952. The molecule has 8 heteroatoms. The first-order valence-corrected chi connectivity index (χ1v) is 7.28. The number of nitrogens with one attached hydrogen (secondary N) is 2. The molecule has 0 aromatic heterocycles. The van der Waals surface area contributed by atoms with Gasteiger partial charge in [-0.15, -0.1) is 0 Å². The van der Waals surface area contributed by atoms with Gasteiger partial charge in [-0.25, -0.2) is 4.79 Å². The highest BCUT2D eigenvalue weighted by Crippen LogP contribution is 2.02. The zero-order chi connectivity index (χ0) is 15.5. The minimum absolute atomic E-state index is 0.155. The van der Waals surface area contributed by atoms with Gasteiger partial charge in [0, 0.05) is 33.3 Å². The fourth-order valence-corrected chi connectivity index (χ4v) is 2.23. The molecule has 0 radical (unpaired) electrons. The Kier molecular flexibility index (Phi) is 8.91. The predicted octanol–water partition coefficient (Wildman–Crippen LogP) is -1.54. The van der Waals surface area contributed by atoms with Crippen LogP contribution in [0.3, 0.4) is 0 Å². The summed E-state index contributed by atoms with van der Waals surface area (Å²) in [5.41, 5.74) is 0. The number of β-amino-alcohol motifs (C(OH)–C–C–N with tert-alkyl or cyclic N) is 1. The van der Waals surface area contributed by atoms with Gasteiger partial charge in [0.15, 0.2) is 0 Å². The van der Waals surface area contributed by atoms with Gasteiger partial charge in [-0.3, -0.25) is 19.9 Å². The Morgan fingerprint density at radius 3 is 2.62 bits per heavy atom. The molecule has 122 valence electrons. The molecule has 1 saturated heterocycles. The molecule has 0 aromatic rings. The maximum atomic E-state index is 11.8. The molecule has 3 N–H and O–H groups in total. The zero-order valence-electron chi connectivity index (χ0n) is 12.6. The predicted molar refractivity (Wildman–Crippen MR) is 78.0 cm³/mol. The lowest BCUT2D eigenvalue weighted by molar-refractivity contribution is -0.121. The molecule has 0 saturated carbocycles. The average Bonchev–Trinajstić information content (AvgIpc) is 2.65. The van der Waals surface area contributed by atoms with Crippen LogP contribution >= 0.6 is 0 Å². The SMILES string of the molecule is COCCNC(=O)NC(=O)CN1CCCN(CCO)CC1. The third-order valence-electron chi connectivity index (χ3n) is 3.31. The molecule has 8 nitrogen and oxygen atoms in total. The van der Waals surface area contributed by atoms with Crippen molar-refractivity contribution < 1.29 is 19.4 Å². The van der Waals surface area contributed by atoms with E-state index in [2.05, 4.69) is 15.5 Å². The number of urea groups is 1. The van der Waals surface area contributed by atoms with E-state index in [4.69, 9.17) is 9.84 Å². The Balaban J connectivity index is 2.23. The fraction of sp³-hybridized carbons (Fsp3) is 0.846. The van der Waals surface area contributed by atoms with Crippen molar-refractivity contribution >= 4 is 11.9 Å². The van der Waals surface area contributed by atoms with Gasteiger partial charge in [-0.1, -0.05) is 0 Å². The summed E-state index contributed by atoms with van der Waals surface area (Å²) in [7, 11) is 1.55. The molecule has 1 fully saturated rings. The van der Waals surface area contributed by atoms with Crippen molar-refractivity contribution in [3.63, 3.8) is 0 Å². The van der Waals surface area contributed by atoms with Gasteiger partial charge in [0.1, 0.15) is 0 Å². The molecule has 0 unspecified atom stereocenters. The molecule has 1 rings (SSSR count). The minimum Gasteiger partial charge on any atom is -0.395 e. The van der Waals surface area contributed by atoms with Crippen molar-refractivity contribution in [2.24, 2.45) is 0 Å². The number of carbonyl (C=O) groups excluding carboxylic acids is 2. The Bertz CT molecular complexity index is 327. The lowest BCUT2D eigenvalue weighted by Gasteiger charge is -2.20. The number of amides is 3. The molecule has 1 aliphatic rings. The number of methoxy groups -OCH3 is 1. The van der Waals surface area contributed by atoms with Crippen molar-refractivity contribution in [1.82, 2.24) is 20.4 Å². The molecular weight excluding hydrogens is 276 g/mol. The molecule has 3 amide bonds. The van der Waals surface area contributed by atoms with Crippen LogP contribution in [0.1, 0.15) is 6.42 Å². The first-order chi connectivity index (χ1) is 10.2. The smallest absolute Gasteiger partial charge is 0.321 e. The second kappa shape index (κ2) is 10.5. The first-order valence-electron chi connectivity index (χ1n) is 7.28. The van der Waals surface area contributed by atoms with Crippen LogP contribution in [0.2, 0.25) is 0 Å². The van der Waals surface area contributed by atoms with E-state index in [1.54, 1.807) is 7.11 Å². The van der Waals surface area contributed by atoms with E-state index in [9.17, 15) is 9.59 Å². The van der Waals surface area contributed by atoms with Gasteiger partial charge in [0.2, 0.25) is 5.91 Å². The Morgan fingerprint density at radius 1 is 1.19 bits per heavy atom. The van der Waals surface area contributed by atoms with Crippen molar-refractivity contribution in [3.05, 3.63) is 0 Å². The van der Waals surface area contributed by atoms with Crippen LogP contribution in [0.5, 0.6) is 0 Å². The molecule has 1 heterocycles. The van der Waals surface area contributed by atoms with E-state index in [0.29, 0.717) is 19.7 Å². The minimum atomic E-state index is -0.492. The number of ether oxygens (including phenoxy) is 1. The van der Waals surface area contributed by atoms with Gasteiger partial charge in [0.05, 0.1) is 19.8 Å². The molecule has 21 heavy (non-hydrogen) atoms. The fourth-order valence-electron chi connectivity index (χ4n) is 2.23. The highest BCUT2D eigenvalue weighted by Gasteiger charge is 2.17. The normalized spacial score (nSPS) is 17.2. The van der Waals surface area contributed by atoms with Crippen LogP contribution in [-0.2, 0) is 9.53 Å². The maximum Gasteiger partial charge on any atom is 0.321 e. The van der Waals surface area contributed by atoms with E-state index in [1.807, 2.05) is 4.90 Å². The second-order valence-electron chi connectivity index (χ2n) is 4.99. The number of aliphatic hydroxyl groups is 1. The molecule has 0 atom stereocenters. The van der Waals surface area contributed by atoms with Gasteiger partial charge in [-0.2, -0.15) is 0 Å². The van der Waals surface area contributed by atoms with E-state index >= 15 is 0 Å². The topological polar surface area (TPSA) is 94.1 Å². The van der Waals surface area contributed by atoms with Gasteiger partial charge >= 0.3 is 6.03 Å². The average molecular weight is 302 g/mol. The van der Waals surface area contributed by atoms with Crippen LogP contribution < -0.4 is 10.6 Å². The standard InChI is InChI=1S/C13H26N4O4/c1-21-10-3-14-13(20)15-12(19)11-17-5-2-4-16(6-7-17)8-9-18/h18H,2-11H2,1H3,(H2,14,15,19,20). The molecule has 1 aliphatic heterocycles. The highest BCUT2D eigenvalue weighted by atomic mass is 16.5. The van der Waals surface area contributed by atoms with E-state index in [-0.39, 0.29) is 19.1 Å². The summed E-state index contributed by atoms with van der Waals surface area (Å²) in [5, 5.41) is 13.8. The summed E-state index contributed by atoms with van der Waals surface area (Å²) in [6, 6.07) is -0.492. The Hall–Kier alpha value is -1.22. The lowest BCUT2D eigenvalue weighted by Crippen LogP contribution is -2.45. The van der Waals surface area contributed by atoms with Gasteiger partial charge < -0.3 is 15.2 Å². The second-order valence-corrected chi connectivity index (χ2v) is 4.99. The third-order valence-corrected chi connectivity index (χ3v) is 3.31. The van der Waals surface area contributed by atoms with Gasteiger partial charge in [0.25, 0.3) is 0 Å². The number of nitrogens with zero attached hydrogens (tertiary/aromatic N) is 2. The molecular formula is C13H26N4O4. The molecule has 0 bridgehead atoms. The monoisotopic (exact) mass is 302 g/mol. The lowest BCUT2D eigenvalue weighted by atomic mass is 10.3. The summed E-state index contributed by atoms with van der Waals surface area (Å²) < 4.78 is 4.80.